The first kappa shape index (κ1) is 17.1. The van der Waals surface area contributed by atoms with E-state index in [0.29, 0.717) is 5.56 Å². The van der Waals surface area contributed by atoms with Crippen LogP contribution in [0.3, 0.4) is 0 Å². The van der Waals surface area contributed by atoms with Crippen LogP contribution in [0.1, 0.15) is 56.0 Å². The number of rotatable bonds is 5. The molecule has 0 fully saturated rings. The van der Waals surface area contributed by atoms with Gasteiger partial charge in [-0.15, -0.1) is 0 Å². The van der Waals surface area contributed by atoms with Gasteiger partial charge in [0.25, 0.3) is 5.91 Å². The van der Waals surface area contributed by atoms with Crippen LogP contribution in [0.25, 0.3) is 11.0 Å². The standard InChI is InChI=1S/C20H24N4O/c1-13(2)18(23-20(25)15-9-11-21-12-10-15)19-22-16-7-5-6-8-17(16)24(19)14(3)4/h5-14,18H,1-4H3,(H,23,25)/t18-/m1/s1. The fourth-order valence-corrected chi connectivity index (χ4v) is 3.08. The van der Waals surface area contributed by atoms with Crippen LogP contribution >= 0.6 is 0 Å². The minimum Gasteiger partial charge on any atom is -0.342 e. The largest absolute Gasteiger partial charge is 0.342 e. The van der Waals surface area contributed by atoms with Crippen LogP contribution in [0.5, 0.6) is 0 Å². The fourth-order valence-electron chi connectivity index (χ4n) is 3.08. The number of para-hydroxylation sites is 2. The molecule has 1 atom stereocenters. The van der Waals surface area contributed by atoms with E-state index in [9.17, 15) is 4.79 Å². The van der Waals surface area contributed by atoms with E-state index in [1.165, 1.54) is 0 Å². The van der Waals surface area contributed by atoms with Gasteiger partial charge in [-0.05, 0) is 44.0 Å². The van der Waals surface area contributed by atoms with Crippen molar-refractivity contribution in [2.45, 2.75) is 39.8 Å². The molecule has 3 aromatic rings. The maximum atomic E-state index is 12.7. The Bertz CT molecular complexity index is 868. The van der Waals surface area contributed by atoms with Gasteiger partial charge in [0, 0.05) is 24.0 Å². The third-order valence-corrected chi connectivity index (χ3v) is 4.31. The summed E-state index contributed by atoms with van der Waals surface area (Å²) < 4.78 is 2.22. The van der Waals surface area contributed by atoms with Crippen LogP contribution in [0.4, 0.5) is 0 Å². The second-order valence-corrected chi connectivity index (χ2v) is 6.85. The fraction of sp³-hybridized carbons (Fsp3) is 0.350. The van der Waals surface area contributed by atoms with Gasteiger partial charge in [0.05, 0.1) is 17.1 Å². The third-order valence-electron chi connectivity index (χ3n) is 4.31. The van der Waals surface area contributed by atoms with Gasteiger partial charge in [0.15, 0.2) is 0 Å². The summed E-state index contributed by atoms with van der Waals surface area (Å²) in [5.74, 6) is 0.997. The van der Waals surface area contributed by atoms with Gasteiger partial charge < -0.3 is 9.88 Å². The van der Waals surface area contributed by atoms with Crippen LogP contribution < -0.4 is 5.32 Å². The molecule has 5 nitrogen and oxygen atoms in total. The number of hydrogen-bond donors (Lipinski definition) is 1. The second kappa shape index (κ2) is 7.05. The zero-order chi connectivity index (χ0) is 18.0. The van der Waals surface area contributed by atoms with E-state index in [4.69, 9.17) is 4.98 Å². The van der Waals surface area contributed by atoms with Gasteiger partial charge in [-0.25, -0.2) is 4.98 Å². The highest BCUT2D eigenvalue weighted by atomic mass is 16.1. The zero-order valence-electron chi connectivity index (χ0n) is 15.1. The van der Waals surface area contributed by atoms with Crippen LogP contribution in [0.2, 0.25) is 0 Å². The Hall–Kier alpha value is -2.69. The molecule has 1 amide bonds. The SMILES string of the molecule is CC(C)[C@@H](NC(=O)c1ccncc1)c1nc2ccccc2n1C(C)C. The normalized spacial score (nSPS) is 12.7. The van der Waals surface area contributed by atoms with Crippen molar-refractivity contribution < 1.29 is 4.79 Å². The summed E-state index contributed by atoms with van der Waals surface area (Å²) in [5.41, 5.74) is 2.65. The number of carbonyl (C=O) groups excluding carboxylic acids is 1. The van der Waals surface area contributed by atoms with Gasteiger partial charge in [-0.1, -0.05) is 26.0 Å². The number of fused-ring (bicyclic) bond motifs is 1. The van der Waals surface area contributed by atoms with Crippen molar-refractivity contribution >= 4 is 16.9 Å². The summed E-state index contributed by atoms with van der Waals surface area (Å²) in [6.45, 7) is 8.47. The number of benzene rings is 1. The Morgan fingerprint density at radius 2 is 1.72 bits per heavy atom. The quantitative estimate of drug-likeness (QED) is 0.762. The lowest BCUT2D eigenvalue weighted by molar-refractivity contribution is 0.0921. The molecular formula is C20H24N4O. The molecular weight excluding hydrogens is 312 g/mol. The summed E-state index contributed by atoms with van der Waals surface area (Å²) in [4.78, 5) is 21.5. The minimum atomic E-state index is -0.171. The van der Waals surface area contributed by atoms with E-state index in [-0.39, 0.29) is 23.9 Å². The lowest BCUT2D eigenvalue weighted by atomic mass is 10.0. The number of carbonyl (C=O) groups is 1. The highest BCUT2D eigenvalue weighted by Gasteiger charge is 2.26. The molecule has 0 aliphatic heterocycles. The molecule has 2 aromatic heterocycles. The maximum absolute atomic E-state index is 12.7. The van der Waals surface area contributed by atoms with Crippen LogP contribution in [0.15, 0.2) is 48.8 Å². The number of hydrogen-bond acceptors (Lipinski definition) is 3. The van der Waals surface area contributed by atoms with Gasteiger partial charge in [-0.2, -0.15) is 0 Å². The van der Waals surface area contributed by atoms with E-state index in [1.807, 2.05) is 18.2 Å². The van der Waals surface area contributed by atoms with Gasteiger partial charge in [-0.3, -0.25) is 9.78 Å². The molecule has 0 saturated heterocycles. The van der Waals surface area contributed by atoms with E-state index in [0.717, 1.165) is 16.9 Å². The van der Waals surface area contributed by atoms with Crippen molar-refractivity contribution in [3.8, 4) is 0 Å². The molecule has 5 heteroatoms. The lowest BCUT2D eigenvalue weighted by Gasteiger charge is -2.24. The van der Waals surface area contributed by atoms with E-state index >= 15 is 0 Å². The first-order chi connectivity index (χ1) is 12.0. The lowest BCUT2D eigenvalue weighted by Crippen LogP contribution is -2.34. The van der Waals surface area contributed by atoms with E-state index in [1.54, 1.807) is 24.5 Å². The highest BCUT2D eigenvalue weighted by Crippen LogP contribution is 2.29. The topological polar surface area (TPSA) is 59.8 Å². The monoisotopic (exact) mass is 336 g/mol. The predicted octanol–water partition coefficient (Wildman–Crippen LogP) is 4.14. The molecule has 0 radical (unpaired) electrons. The molecule has 130 valence electrons. The Morgan fingerprint density at radius 3 is 2.36 bits per heavy atom. The van der Waals surface area contributed by atoms with Crippen molar-refractivity contribution in [1.82, 2.24) is 19.9 Å². The summed E-state index contributed by atoms with van der Waals surface area (Å²) in [6.07, 6.45) is 3.26. The third kappa shape index (κ3) is 3.40. The molecule has 1 aromatic carbocycles. The molecule has 25 heavy (non-hydrogen) atoms. The number of pyridine rings is 1. The summed E-state index contributed by atoms with van der Waals surface area (Å²) >= 11 is 0. The van der Waals surface area contributed by atoms with Crippen molar-refractivity contribution in [3.05, 3.63) is 60.2 Å². The average molecular weight is 336 g/mol. The second-order valence-electron chi connectivity index (χ2n) is 6.85. The molecule has 0 aliphatic rings. The Labute approximate surface area is 148 Å². The summed E-state index contributed by atoms with van der Waals surface area (Å²) in [7, 11) is 0. The molecule has 2 heterocycles. The first-order valence-corrected chi connectivity index (χ1v) is 8.66. The molecule has 0 unspecified atom stereocenters. The summed E-state index contributed by atoms with van der Waals surface area (Å²) in [5, 5.41) is 3.16. The molecule has 3 rings (SSSR count). The number of imidazole rings is 1. The minimum absolute atomic E-state index is 0.108. The van der Waals surface area contributed by atoms with Gasteiger partial charge >= 0.3 is 0 Å². The average Bonchev–Trinajstić information content (AvgIpc) is 2.99. The number of nitrogens with one attached hydrogen (secondary N) is 1. The Morgan fingerprint density at radius 1 is 1.04 bits per heavy atom. The molecule has 0 aliphatic carbocycles. The zero-order valence-corrected chi connectivity index (χ0v) is 15.1. The van der Waals surface area contributed by atoms with Crippen molar-refractivity contribution in [2.24, 2.45) is 5.92 Å². The smallest absolute Gasteiger partial charge is 0.251 e. The Balaban J connectivity index is 2.03. The first-order valence-electron chi connectivity index (χ1n) is 8.66. The van der Waals surface area contributed by atoms with Crippen molar-refractivity contribution in [1.29, 1.82) is 0 Å². The van der Waals surface area contributed by atoms with Crippen LogP contribution in [0, 0.1) is 5.92 Å². The number of aromatic nitrogens is 3. The maximum Gasteiger partial charge on any atom is 0.251 e. The van der Waals surface area contributed by atoms with Crippen LogP contribution in [-0.2, 0) is 0 Å². The predicted molar refractivity (Wildman–Crippen MR) is 99.4 cm³/mol. The molecule has 0 saturated carbocycles. The Kier molecular flexibility index (Phi) is 4.83. The summed E-state index contributed by atoms with van der Waals surface area (Å²) in [6, 6.07) is 11.6. The molecule has 0 spiro atoms. The molecule has 1 N–H and O–H groups in total. The van der Waals surface area contributed by atoms with Gasteiger partial charge in [0.1, 0.15) is 5.82 Å². The number of nitrogens with zero attached hydrogens (tertiary/aromatic N) is 3. The highest BCUT2D eigenvalue weighted by molar-refractivity contribution is 5.94. The van der Waals surface area contributed by atoms with E-state index < -0.39 is 0 Å². The van der Waals surface area contributed by atoms with Crippen molar-refractivity contribution in [2.75, 3.05) is 0 Å². The van der Waals surface area contributed by atoms with E-state index in [2.05, 4.69) is 48.6 Å². The van der Waals surface area contributed by atoms with Gasteiger partial charge in [0.2, 0.25) is 0 Å². The molecule has 0 bridgehead atoms. The van der Waals surface area contributed by atoms with Crippen molar-refractivity contribution in [3.63, 3.8) is 0 Å². The van der Waals surface area contributed by atoms with Crippen LogP contribution in [-0.4, -0.2) is 20.4 Å². The number of amides is 1.